The first kappa shape index (κ1) is 23.0. The zero-order chi connectivity index (χ0) is 23.8. The minimum Gasteiger partial charge on any atom is -0.497 e. The Balaban J connectivity index is 1.60. The van der Waals surface area contributed by atoms with E-state index >= 15 is 0 Å². The summed E-state index contributed by atoms with van der Waals surface area (Å²) in [6.45, 7) is 0. The summed E-state index contributed by atoms with van der Waals surface area (Å²) in [5, 5.41) is 7.20. The van der Waals surface area contributed by atoms with Crippen LogP contribution in [-0.4, -0.2) is 24.6 Å². The largest absolute Gasteiger partial charge is 0.497 e. The Kier molecular flexibility index (Phi) is 7.50. The molecule has 3 aromatic carbocycles. The van der Waals surface area contributed by atoms with Gasteiger partial charge >= 0.3 is 0 Å². The molecule has 0 radical (unpaired) electrons. The Morgan fingerprint density at radius 3 is 2.35 bits per heavy atom. The van der Waals surface area contributed by atoms with Crippen LogP contribution in [0.15, 0.2) is 89.7 Å². The quantitative estimate of drug-likeness (QED) is 0.322. The number of fused-ring (bicyclic) bond motifs is 1. The van der Waals surface area contributed by atoms with Gasteiger partial charge < -0.3 is 10.1 Å². The molecule has 0 saturated heterocycles. The van der Waals surface area contributed by atoms with Crippen LogP contribution in [0, 0.1) is 0 Å². The van der Waals surface area contributed by atoms with Gasteiger partial charge in [0.15, 0.2) is 0 Å². The van der Waals surface area contributed by atoms with Crippen molar-refractivity contribution >= 4 is 23.6 Å². The molecule has 1 aliphatic rings. The number of hydrogen-bond donors (Lipinski definition) is 2. The zero-order valence-corrected chi connectivity index (χ0v) is 19.1. The highest BCUT2D eigenvalue weighted by atomic mass is 16.5. The van der Waals surface area contributed by atoms with Crippen molar-refractivity contribution in [1.82, 2.24) is 10.7 Å². The number of benzene rings is 3. The second-order valence-electron chi connectivity index (χ2n) is 8.02. The summed E-state index contributed by atoms with van der Waals surface area (Å²) >= 11 is 0. The van der Waals surface area contributed by atoms with E-state index in [1.54, 1.807) is 49.6 Å². The number of methoxy groups -OCH3 is 1. The maximum absolute atomic E-state index is 13.2. The predicted molar refractivity (Wildman–Crippen MR) is 134 cm³/mol. The lowest BCUT2D eigenvalue weighted by atomic mass is 10.0. The molecule has 172 valence electrons. The minimum absolute atomic E-state index is 0.102. The Morgan fingerprint density at radius 1 is 0.882 bits per heavy atom. The highest BCUT2D eigenvalue weighted by Crippen LogP contribution is 2.21. The zero-order valence-electron chi connectivity index (χ0n) is 19.1. The van der Waals surface area contributed by atoms with Gasteiger partial charge in [-0.2, -0.15) is 5.10 Å². The Hall–Kier alpha value is -4.19. The Morgan fingerprint density at radius 2 is 1.59 bits per heavy atom. The molecule has 0 atom stereocenters. The molecule has 2 N–H and O–H groups in total. The number of ether oxygens (including phenoxy) is 1. The highest BCUT2D eigenvalue weighted by Gasteiger charge is 2.17. The van der Waals surface area contributed by atoms with Crippen LogP contribution in [0.25, 0.3) is 6.08 Å². The Bertz CT molecular complexity index is 1220. The van der Waals surface area contributed by atoms with E-state index in [0.29, 0.717) is 11.3 Å². The number of nitrogens with one attached hydrogen (secondary N) is 2. The van der Waals surface area contributed by atoms with Gasteiger partial charge in [0.25, 0.3) is 11.8 Å². The smallest absolute Gasteiger partial charge is 0.287 e. The normalized spacial score (nSPS) is 14.6. The van der Waals surface area contributed by atoms with Gasteiger partial charge in [0.2, 0.25) is 0 Å². The monoisotopic (exact) mass is 453 g/mol. The van der Waals surface area contributed by atoms with Crippen LogP contribution >= 0.6 is 0 Å². The third-order valence-electron chi connectivity index (χ3n) is 5.69. The molecule has 0 heterocycles. The third-order valence-corrected chi connectivity index (χ3v) is 5.69. The number of carbonyl (C=O) groups excluding carboxylic acids is 2. The lowest BCUT2D eigenvalue weighted by molar-refractivity contribution is -0.117. The summed E-state index contributed by atoms with van der Waals surface area (Å²) in [6, 6.07) is 24.1. The number of rotatable bonds is 6. The molecule has 1 aliphatic carbocycles. The first-order chi connectivity index (χ1) is 16.6. The van der Waals surface area contributed by atoms with Crippen LogP contribution in [0.3, 0.4) is 0 Å². The van der Waals surface area contributed by atoms with Crippen molar-refractivity contribution in [3.8, 4) is 5.75 Å². The van der Waals surface area contributed by atoms with E-state index < -0.39 is 5.91 Å². The summed E-state index contributed by atoms with van der Waals surface area (Å²) in [6.07, 6.45) is 5.49. The first-order valence-corrected chi connectivity index (χ1v) is 11.3. The van der Waals surface area contributed by atoms with E-state index in [4.69, 9.17) is 4.74 Å². The van der Waals surface area contributed by atoms with Crippen LogP contribution in [-0.2, 0) is 11.2 Å². The van der Waals surface area contributed by atoms with Gasteiger partial charge in [0, 0.05) is 11.1 Å². The standard InChI is InChI=1S/C28H27N3O3/c1-34-23-17-15-20(16-18-23)19-26(29-27(32)22-11-3-2-4-12-22)28(33)31-30-25-14-8-6-10-21-9-5-7-13-24(21)25/h2-5,7,9,11-13,15-19H,6,8,10,14H2,1H3,(H,29,32)(H,31,33)/b26-19+,30-25-. The summed E-state index contributed by atoms with van der Waals surface area (Å²) in [7, 11) is 1.59. The highest BCUT2D eigenvalue weighted by molar-refractivity contribution is 6.07. The van der Waals surface area contributed by atoms with Gasteiger partial charge in [0.05, 0.1) is 12.8 Å². The molecule has 4 rings (SSSR count). The number of amides is 2. The van der Waals surface area contributed by atoms with Crippen LogP contribution in [0.2, 0.25) is 0 Å². The molecule has 0 aliphatic heterocycles. The van der Waals surface area contributed by atoms with Crippen molar-refractivity contribution in [2.75, 3.05) is 7.11 Å². The van der Waals surface area contributed by atoms with Gasteiger partial charge in [-0.15, -0.1) is 0 Å². The molecule has 2 amide bonds. The maximum Gasteiger partial charge on any atom is 0.287 e. The SMILES string of the molecule is COc1ccc(/C=C(/NC(=O)c2ccccc2)C(=O)N/N=C2/CCCCc3ccccc32)cc1. The fraction of sp³-hybridized carbons (Fsp3) is 0.179. The van der Waals surface area contributed by atoms with E-state index in [2.05, 4.69) is 21.9 Å². The van der Waals surface area contributed by atoms with Crippen molar-refractivity contribution in [2.24, 2.45) is 5.10 Å². The fourth-order valence-electron chi connectivity index (χ4n) is 3.87. The molecule has 0 spiro atoms. The lowest BCUT2D eigenvalue weighted by Crippen LogP contribution is -2.33. The molecule has 0 saturated carbocycles. The van der Waals surface area contributed by atoms with Crippen LogP contribution < -0.4 is 15.5 Å². The summed E-state index contributed by atoms with van der Waals surface area (Å²) in [4.78, 5) is 25.9. The van der Waals surface area contributed by atoms with Crippen molar-refractivity contribution < 1.29 is 14.3 Å². The second-order valence-corrected chi connectivity index (χ2v) is 8.02. The van der Waals surface area contributed by atoms with Crippen LogP contribution in [0.5, 0.6) is 5.75 Å². The number of carbonyl (C=O) groups is 2. The van der Waals surface area contributed by atoms with Crippen LogP contribution in [0.1, 0.15) is 46.3 Å². The van der Waals surface area contributed by atoms with Gasteiger partial charge in [-0.1, -0.05) is 54.6 Å². The summed E-state index contributed by atoms with van der Waals surface area (Å²) < 4.78 is 5.20. The number of nitrogens with zero attached hydrogens (tertiary/aromatic N) is 1. The van der Waals surface area contributed by atoms with E-state index in [1.807, 2.05) is 36.4 Å². The van der Waals surface area contributed by atoms with Crippen molar-refractivity contribution in [2.45, 2.75) is 25.7 Å². The van der Waals surface area contributed by atoms with Crippen LogP contribution in [0.4, 0.5) is 0 Å². The average Bonchev–Trinajstić information content (AvgIpc) is 3.10. The predicted octanol–water partition coefficient (Wildman–Crippen LogP) is 4.71. The van der Waals surface area contributed by atoms with Crippen molar-refractivity contribution in [3.05, 3.63) is 107 Å². The van der Waals surface area contributed by atoms with Gasteiger partial charge in [-0.05, 0) is 67.2 Å². The average molecular weight is 454 g/mol. The van der Waals surface area contributed by atoms with Crippen molar-refractivity contribution in [1.29, 1.82) is 0 Å². The maximum atomic E-state index is 13.2. The third kappa shape index (κ3) is 5.78. The second kappa shape index (κ2) is 11.1. The molecule has 0 bridgehead atoms. The first-order valence-electron chi connectivity index (χ1n) is 11.3. The fourth-order valence-corrected chi connectivity index (χ4v) is 3.87. The van der Waals surface area contributed by atoms with Gasteiger partial charge in [-0.25, -0.2) is 5.43 Å². The Labute approximate surface area is 199 Å². The topological polar surface area (TPSA) is 79.8 Å². The molecule has 0 unspecified atom stereocenters. The number of aryl methyl sites for hydroxylation is 1. The van der Waals surface area contributed by atoms with Gasteiger partial charge in [-0.3, -0.25) is 9.59 Å². The molecular weight excluding hydrogens is 426 g/mol. The summed E-state index contributed by atoms with van der Waals surface area (Å²) in [5.74, 6) is -0.160. The van der Waals surface area contributed by atoms with Gasteiger partial charge in [0.1, 0.15) is 11.4 Å². The summed E-state index contributed by atoms with van der Waals surface area (Å²) in [5.41, 5.74) is 7.11. The molecule has 0 fully saturated rings. The van der Waals surface area contributed by atoms with E-state index in [1.165, 1.54) is 5.56 Å². The lowest BCUT2D eigenvalue weighted by Gasteiger charge is -2.11. The molecule has 6 nitrogen and oxygen atoms in total. The number of hydrazone groups is 1. The number of hydrogen-bond acceptors (Lipinski definition) is 4. The van der Waals surface area contributed by atoms with E-state index in [9.17, 15) is 9.59 Å². The molecule has 6 heteroatoms. The molecule has 3 aromatic rings. The molecule has 34 heavy (non-hydrogen) atoms. The molecular formula is C28H27N3O3. The van der Waals surface area contributed by atoms with E-state index in [-0.39, 0.29) is 11.6 Å². The molecule has 0 aromatic heterocycles. The van der Waals surface area contributed by atoms with Crippen molar-refractivity contribution in [3.63, 3.8) is 0 Å². The van der Waals surface area contributed by atoms with E-state index in [0.717, 1.165) is 42.5 Å². The minimum atomic E-state index is -0.491.